The van der Waals surface area contributed by atoms with Gasteiger partial charge in [0.25, 0.3) is 0 Å². The number of carboxylic acids is 1. The maximum atomic E-state index is 10.7. The minimum atomic E-state index is -1.04. The molecule has 0 amide bonds. The Hall–Kier alpha value is -2.22. The maximum absolute atomic E-state index is 10.7. The molecule has 3 rings (SSSR count). The third kappa shape index (κ3) is 2.42. The van der Waals surface area contributed by atoms with E-state index >= 15 is 0 Å². The van der Waals surface area contributed by atoms with Crippen LogP contribution >= 0.6 is 0 Å². The molecule has 1 N–H and O–H groups in total. The molecular formula is C12H16N6O2. The Morgan fingerprint density at radius 2 is 2.25 bits per heavy atom. The molecule has 0 bridgehead atoms. The molecule has 0 aromatic carbocycles. The second kappa shape index (κ2) is 5.04. The summed E-state index contributed by atoms with van der Waals surface area (Å²) >= 11 is 0. The number of hydrogen-bond acceptors (Lipinski definition) is 5. The number of aromatic nitrogens is 5. The fraction of sp³-hybridized carbons (Fsp3) is 0.500. The zero-order valence-corrected chi connectivity index (χ0v) is 11.2. The normalized spacial score (nSPS) is 16.2. The highest BCUT2D eigenvalue weighted by Gasteiger charge is 2.29. The van der Waals surface area contributed by atoms with Gasteiger partial charge in [0, 0.05) is 38.6 Å². The third-order valence-electron chi connectivity index (χ3n) is 3.62. The molecule has 1 aliphatic rings. The molecule has 1 saturated heterocycles. The van der Waals surface area contributed by atoms with Gasteiger partial charge in [-0.2, -0.15) is 0 Å². The number of aryl methyl sites for hydroxylation is 1. The first-order valence-corrected chi connectivity index (χ1v) is 6.48. The van der Waals surface area contributed by atoms with Crippen LogP contribution in [0.15, 0.2) is 18.6 Å². The summed E-state index contributed by atoms with van der Waals surface area (Å²) in [6, 6.07) is 0.222. The van der Waals surface area contributed by atoms with E-state index in [9.17, 15) is 4.79 Å². The Bertz CT molecular complexity index is 613. The molecular weight excluding hydrogens is 260 g/mol. The van der Waals surface area contributed by atoms with Crippen LogP contribution < -0.4 is 0 Å². The van der Waals surface area contributed by atoms with E-state index in [4.69, 9.17) is 5.11 Å². The van der Waals surface area contributed by atoms with Gasteiger partial charge in [-0.3, -0.25) is 4.90 Å². The van der Waals surface area contributed by atoms with Crippen LogP contribution in [0.1, 0.15) is 22.4 Å². The highest BCUT2D eigenvalue weighted by Crippen LogP contribution is 2.20. The zero-order chi connectivity index (χ0) is 14.1. The van der Waals surface area contributed by atoms with E-state index in [0.29, 0.717) is 0 Å². The second-order valence-electron chi connectivity index (χ2n) is 4.97. The van der Waals surface area contributed by atoms with E-state index in [2.05, 4.69) is 24.8 Å². The van der Waals surface area contributed by atoms with Gasteiger partial charge in [-0.25, -0.2) is 14.5 Å². The van der Waals surface area contributed by atoms with Gasteiger partial charge in [0.15, 0.2) is 5.69 Å². The molecule has 106 valence electrons. The minimum absolute atomic E-state index is 0.00232. The number of aromatic carboxylic acids is 1. The fourth-order valence-corrected chi connectivity index (χ4v) is 2.33. The van der Waals surface area contributed by atoms with Crippen molar-refractivity contribution in [2.24, 2.45) is 0 Å². The van der Waals surface area contributed by atoms with Crippen LogP contribution in [0, 0.1) is 6.92 Å². The Morgan fingerprint density at radius 3 is 2.85 bits per heavy atom. The maximum Gasteiger partial charge on any atom is 0.358 e. The first kappa shape index (κ1) is 12.8. The predicted octanol–water partition coefficient (Wildman–Crippen LogP) is 0.0381. The SMILES string of the molecule is Cc1nccn1CCN1CC(n2cc(C(=O)O)nn2)C1. The van der Waals surface area contributed by atoms with Crippen molar-refractivity contribution in [2.75, 3.05) is 19.6 Å². The average molecular weight is 276 g/mol. The van der Waals surface area contributed by atoms with E-state index in [-0.39, 0.29) is 11.7 Å². The summed E-state index contributed by atoms with van der Waals surface area (Å²) in [6.45, 7) is 5.60. The molecule has 0 spiro atoms. The first-order valence-electron chi connectivity index (χ1n) is 6.48. The summed E-state index contributed by atoms with van der Waals surface area (Å²) in [4.78, 5) is 17.2. The molecule has 3 heterocycles. The third-order valence-corrected chi connectivity index (χ3v) is 3.62. The summed E-state index contributed by atoms with van der Waals surface area (Å²) in [5.41, 5.74) is -0.00232. The number of imidazole rings is 1. The standard InChI is InChI=1S/C12H16N6O2/c1-9-13-2-3-17(9)5-4-16-6-10(7-16)18-8-11(12(19)20)14-15-18/h2-3,8,10H,4-7H2,1H3,(H,19,20). The summed E-state index contributed by atoms with van der Waals surface area (Å²) in [5, 5.41) is 16.3. The monoisotopic (exact) mass is 276 g/mol. The lowest BCUT2D eigenvalue weighted by atomic mass is 10.1. The van der Waals surface area contributed by atoms with Crippen LogP contribution in [0.2, 0.25) is 0 Å². The summed E-state index contributed by atoms with van der Waals surface area (Å²) < 4.78 is 3.76. The van der Waals surface area contributed by atoms with Gasteiger partial charge in [0.05, 0.1) is 12.2 Å². The van der Waals surface area contributed by atoms with Gasteiger partial charge in [-0.05, 0) is 6.92 Å². The molecule has 0 aliphatic carbocycles. The molecule has 1 aliphatic heterocycles. The lowest BCUT2D eigenvalue weighted by Crippen LogP contribution is -2.48. The van der Waals surface area contributed by atoms with Gasteiger partial charge >= 0.3 is 5.97 Å². The lowest BCUT2D eigenvalue weighted by Gasteiger charge is -2.38. The van der Waals surface area contributed by atoms with E-state index in [1.54, 1.807) is 10.9 Å². The van der Waals surface area contributed by atoms with Gasteiger partial charge < -0.3 is 9.67 Å². The number of carbonyl (C=O) groups is 1. The van der Waals surface area contributed by atoms with Crippen molar-refractivity contribution in [1.82, 2.24) is 29.4 Å². The first-order chi connectivity index (χ1) is 9.63. The molecule has 0 unspecified atom stereocenters. The van der Waals surface area contributed by atoms with E-state index in [1.165, 1.54) is 6.20 Å². The number of nitrogens with zero attached hydrogens (tertiary/aromatic N) is 6. The van der Waals surface area contributed by atoms with Crippen molar-refractivity contribution in [3.63, 3.8) is 0 Å². The average Bonchev–Trinajstić information content (AvgIpc) is 2.97. The Balaban J connectivity index is 1.48. The summed E-state index contributed by atoms with van der Waals surface area (Å²) in [5.74, 6) is -0.0209. The smallest absolute Gasteiger partial charge is 0.358 e. The van der Waals surface area contributed by atoms with Crippen molar-refractivity contribution in [3.8, 4) is 0 Å². The number of likely N-dealkylation sites (tertiary alicyclic amines) is 1. The second-order valence-corrected chi connectivity index (χ2v) is 4.97. The van der Waals surface area contributed by atoms with Crippen LogP contribution in [0.5, 0.6) is 0 Å². The van der Waals surface area contributed by atoms with Crippen LogP contribution in [0.3, 0.4) is 0 Å². The molecule has 8 heteroatoms. The van der Waals surface area contributed by atoms with Crippen molar-refractivity contribution in [2.45, 2.75) is 19.5 Å². The molecule has 1 fully saturated rings. The molecule has 2 aromatic heterocycles. The topological polar surface area (TPSA) is 89.1 Å². The molecule has 0 saturated carbocycles. The number of rotatable bonds is 5. The van der Waals surface area contributed by atoms with E-state index < -0.39 is 5.97 Å². The van der Waals surface area contributed by atoms with E-state index in [1.807, 2.05) is 13.1 Å². The molecule has 0 atom stereocenters. The molecule has 8 nitrogen and oxygen atoms in total. The van der Waals surface area contributed by atoms with Crippen LogP contribution in [0.25, 0.3) is 0 Å². The van der Waals surface area contributed by atoms with Crippen LogP contribution in [-0.4, -0.2) is 60.2 Å². The van der Waals surface area contributed by atoms with Crippen LogP contribution in [0.4, 0.5) is 0 Å². The highest BCUT2D eigenvalue weighted by atomic mass is 16.4. The van der Waals surface area contributed by atoms with Crippen molar-refractivity contribution >= 4 is 5.97 Å². The Kier molecular flexibility index (Phi) is 3.23. The van der Waals surface area contributed by atoms with Gasteiger partial charge in [-0.15, -0.1) is 5.10 Å². The van der Waals surface area contributed by atoms with E-state index in [0.717, 1.165) is 32.0 Å². The zero-order valence-electron chi connectivity index (χ0n) is 11.2. The van der Waals surface area contributed by atoms with Gasteiger partial charge in [0.2, 0.25) is 0 Å². The summed E-state index contributed by atoms with van der Waals surface area (Å²) in [7, 11) is 0. The quantitative estimate of drug-likeness (QED) is 0.829. The van der Waals surface area contributed by atoms with Gasteiger partial charge in [0.1, 0.15) is 5.82 Å². The van der Waals surface area contributed by atoms with Crippen LogP contribution in [-0.2, 0) is 6.54 Å². The predicted molar refractivity (Wildman–Crippen MR) is 69.4 cm³/mol. The highest BCUT2D eigenvalue weighted by molar-refractivity contribution is 5.84. The van der Waals surface area contributed by atoms with Crippen molar-refractivity contribution in [1.29, 1.82) is 0 Å². The lowest BCUT2D eigenvalue weighted by molar-refractivity contribution is 0.0690. The molecule has 0 radical (unpaired) electrons. The number of carboxylic acid groups (broad SMARTS) is 1. The summed E-state index contributed by atoms with van der Waals surface area (Å²) in [6.07, 6.45) is 5.27. The minimum Gasteiger partial charge on any atom is -0.476 e. The van der Waals surface area contributed by atoms with Crippen molar-refractivity contribution in [3.05, 3.63) is 30.1 Å². The largest absolute Gasteiger partial charge is 0.476 e. The van der Waals surface area contributed by atoms with Gasteiger partial charge in [-0.1, -0.05) is 5.21 Å². The number of hydrogen-bond donors (Lipinski definition) is 1. The molecule has 20 heavy (non-hydrogen) atoms. The Labute approximate surface area is 115 Å². The van der Waals surface area contributed by atoms with Crippen molar-refractivity contribution < 1.29 is 9.90 Å². The fourth-order valence-electron chi connectivity index (χ4n) is 2.33. The Morgan fingerprint density at radius 1 is 1.45 bits per heavy atom. The molecule has 2 aromatic rings.